The van der Waals surface area contributed by atoms with E-state index in [9.17, 15) is 9.59 Å². The Hall–Kier alpha value is -2.82. The Morgan fingerprint density at radius 1 is 1.18 bits per heavy atom. The molecular formula is C17H15NO4. The van der Waals surface area contributed by atoms with Crippen LogP contribution in [0.5, 0.6) is 5.75 Å². The van der Waals surface area contributed by atoms with Crippen molar-refractivity contribution in [2.75, 3.05) is 0 Å². The molecule has 0 bridgehead atoms. The second-order valence-corrected chi connectivity index (χ2v) is 5.16. The number of ether oxygens (including phenoxy) is 1. The molecule has 2 aromatic carbocycles. The Bertz CT molecular complexity index is 904. The first-order chi connectivity index (χ1) is 10.5. The Morgan fingerprint density at radius 2 is 1.95 bits per heavy atom. The fraction of sp³-hybridized carbons (Fsp3) is 0.176. The van der Waals surface area contributed by atoms with Crippen molar-refractivity contribution in [1.29, 1.82) is 0 Å². The number of nitrogens with zero attached hydrogens (tertiary/aromatic N) is 1. The summed E-state index contributed by atoms with van der Waals surface area (Å²) in [4.78, 5) is 23.9. The fourth-order valence-corrected chi connectivity index (χ4v) is 2.36. The van der Waals surface area contributed by atoms with Gasteiger partial charge in [0, 0.05) is 0 Å². The predicted molar refractivity (Wildman–Crippen MR) is 82.0 cm³/mol. The lowest BCUT2D eigenvalue weighted by atomic mass is 10.1. The van der Waals surface area contributed by atoms with Gasteiger partial charge in [-0.2, -0.15) is 0 Å². The van der Waals surface area contributed by atoms with E-state index >= 15 is 0 Å². The average Bonchev–Trinajstić information content (AvgIpc) is 2.78. The maximum atomic E-state index is 12.1. The highest BCUT2D eigenvalue weighted by Gasteiger charge is 2.14. The SMILES string of the molecule is Cc1ccc(OC(=O)Cn2c(=O)oc3ccccc32)c(C)c1. The van der Waals surface area contributed by atoms with Gasteiger partial charge < -0.3 is 9.15 Å². The van der Waals surface area contributed by atoms with Crippen molar-refractivity contribution >= 4 is 17.1 Å². The van der Waals surface area contributed by atoms with E-state index < -0.39 is 11.7 Å². The van der Waals surface area contributed by atoms with Crippen LogP contribution < -0.4 is 10.5 Å². The quantitative estimate of drug-likeness (QED) is 0.551. The molecule has 0 fully saturated rings. The monoisotopic (exact) mass is 297 g/mol. The van der Waals surface area contributed by atoms with Gasteiger partial charge in [-0.25, -0.2) is 9.59 Å². The summed E-state index contributed by atoms with van der Waals surface area (Å²) in [5.74, 6) is -0.587. The van der Waals surface area contributed by atoms with Gasteiger partial charge in [-0.15, -0.1) is 0 Å². The first-order valence-corrected chi connectivity index (χ1v) is 6.91. The predicted octanol–water partition coefficient (Wildman–Crippen LogP) is 2.82. The topological polar surface area (TPSA) is 61.4 Å². The number of esters is 1. The van der Waals surface area contributed by atoms with Gasteiger partial charge in [-0.1, -0.05) is 29.8 Å². The van der Waals surface area contributed by atoms with Crippen molar-refractivity contribution in [3.63, 3.8) is 0 Å². The van der Waals surface area contributed by atoms with E-state index in [1.54, 1.807) is 30.3 Å². The molecule has 22 heavy (non-hydrogen) atoms. The lowest BCUT2D eigenvalue weighted by Crippen LogP contribution is -2.23. The molecule has 0 atom stereocenters. The van der Waals surface area contributed by atoms with Gasteiger partial charge in [0.05, 0.1) is 5.52 Å². The molecule has 0 spiro atoms. The van der Waals surface area contributed by atoms with Crippen LogP contribution in [0, 0.1) is 13.8 Å². The zero-order chi connectivity index (χ0) is 15.7. The summed E-state index contributed by atoms with van der Waals surface area (Å²) in [5, 5.41) is 0. The smallest absolute Gasteiger partial charge is 0.420 e. The number of hydrogen-bond acceptors (Lipinski definition) is 4. The molecule has 0 aliphatic heterocycles. The molecule has 1 heterocycles. The Balaban J connectivity index is 1.84. The van der Waals surface area contributed by atoms with Gasteiger partial charge in [0.15, 0.2) is 5.58 Å². The lowest BCUT2D eigenvalue weighted by molar-refractivity contribution is -0.135. The van der Waals surface area contributed by atoms with E-state index in [2.05, 4.69) is 0 Å². The van der Waals surface area contributed by atoms with E-state index in [-0.39, 0.29) is 6.54 Å². The van der Waals surface area contributed by atoms with E-state index in [4.69, 9.17) is 9.15 Å². The normalized spacial score (nSPS) is 10.8. The van der Waals surface area contributed by atoms with E-state index in [1.165, 1.54) is 4.57 Å². The molecule has 5 nitrogen and oxygen atoms in total. The van der Waals surface area contributed by atoms with Crippen LogP contribution in [0.2, 0.25) is 0 Å². The van der Waals surface area contributed by atoms with Crippen molar-refractivity contribution < 1.29 is 13.9 Å². The van der Waals surface area contributed by atoms with Crippen LogP contribution >= 0.6 is 0 Å². The average molecular weight is 297 g/mol. The maximum absolute atomic E-state index is 12.1. The minimum atomic E-state index is -0.571. The standard InChI is InChI=1S/C17H15NO4/c1-11-7-8-14(12(2)9-11)21-16(19)10-18-13-5-3-4-6-15(13)22-17(18)20/h3-9H,10H2,1-2H3. The number of fused-ring (bicyclic) bond motifs is 1. The van der Waals surface area contributed by atoms with Crippen LogP contribution in [0.15, 0.2) is 51.7 Å². The summed E-state index contributed by atoms with van der Waals surface area (Å²) in [6.45, 7) is 3.65. The van der Waals surface area contributed by atoms with Crippen LogP contribution in [-0.2, 0) is 11.3 Å². The van der Waals surface area contributed by atoms with E-state index in [0.29, 0.717) is 16.8 Å². The molecule has 3 aromatic rings. The highest BCUT2D eigenvalue weighted by Crippen LogP contribution is 2.19. The fourth-order valence-electron chi connectivity index (χ4n) is 2.36. The molecule has 5 heteroatoms. The summed E-state index contributed by atoms with van der Waals surface area (Å²) in [6.07, 6.45) is 0. The number of carbonyl (C=O) groups is 1. The molecule has 0 aliphatic carbocycles. The Labute approximate surface area is 126 Å². The minimum Gasteiger partial charge on any atom is -0.425 e. The molecule has 0 aliphatic rings. The van der Waals surface area contributed by atoms with Crippen LogP contribution in [0.25, 0.3) is 11.1 Å². The summed E-state index contributed by atoms with van der Waals surface area (Å²) >= 11 is 0. The zero-order valence-electron chi connectivity index (χ0n) is 12.3. The van der Waals surface area contributed by atoms with Crippen molar-refractivity contribution in [2.45, 2.75) is 20.4 Å². The van der Waals surface area contributed by atoms with E-state index in [1.807, 2.05) is 26.0 Å². The molecule has 0 radical (unpaired) electrons. The summed E-state index contributed by atoms with van der Waals surface area (Å²) in [6, 6.07) is 12.5. The molecule has 0 saturated heterocycles. The van der Waals surface area contributed by atoms with Crippen LogP contribution in [0.1, 0.15) is 11.1 Å². The van der Waals surface area contributed by atoms with Crippen LogP contribution in [0.3, 0.4) is 0 Å². The van der Waals surface area contributed by atoms with Gasteiger partial charge in [0.25, 0.3) is 0 Å². The van der Waals surface area contributed by atoms with Crippen molar-refractivity contribution in [3.05, 3.63) is 64.1 Å². The summed E-state index contributed by atoms with van der Waals surface area (Å²) < 4.78 is 11.7. The number of benzene rings is 2. The van der Waals surface area contributed by atoms with Gasteiger partial charge in [-0.3, -0.25) is 4.57 Å². The van der Waals surface area contributed by atoms with Crippen molar-refractivity contribution in [3.8, 4) is 5.75 Å². The first kappa shape index (κ1) is 14.1. The molecule has 112 valence electrons. The van der Waals surface area contributed by atoms with Gasteiger partial charge in [-0.05, 0) is 37.6 Å². The maximum Gasteiger partial charge on any atom is 0.420 e. The van der Waals surface area contributed by atoms with Crippen LogP contribution in [0.4, 0.5) is 0 Å². The number of para-hydroxylation sites is 2. The molecule has 0 saturated carbocycles. The van der Waals surface area contributed by atoms with Crippen LogP contribution in [-0.4, -0.2) is 10.5 Å². The number of oxazole rings is 1. The first-order valence-electron chi connectivity index (χ1n) is 6.91. The third-order valence-electron chi connectivity index (χ3n) is 3.42. The Kier molecular flexibility index (Phi) is 3.55. The third-order valence-corrected chi connectivity index (χ3v) is 3.42. The second-order valence-electron chi connectivity index (χ2n) is 5.16. The molecular weight excluding hydrogens is 282 g/mol. The zero-order valence-corrected chi connectivity index (χ0v) is 12.3. The number of aromatic nitrogens is 1. The minimum absolute atomic E-state index is 0.191. The van der Waals surface area contributed by atoms with Gasteiger partial charge >= 0.3 is 11.7 Å². The van der Waals surface area contributed by atoms with Gasteiger partial charge in [0.2, 0.25) is 0 Å². The Morgan fingerprint density at radius 3 is 2.73 bits per heavy atom. The number of hydrogen-bond donors (Lipinski definition) is 0. The number of carbonyl (C=O) groups excluding carboxylic acids is 1. The third kappa shape index (κ3) is 2.65. The van der Waals surface area contributed by atoms with Crippen molar-refractivity contribution in [1.82, 2.24) is 4.57 Å². The lowest BCUT2D eigenvalue weighted by Gasteiger charge is -2.08. The molecule has 3 rings (SSSR count). The van der Waals surface area contributed by atoms with Crippen molar-refractivity contribution in [2.24, 2.45) is 0 Å². The molecule has 1 aromatic heterocycles. The second kappa shape index (κ2) is 5.52. The highest BCUT2D eigenvalue weighted by atomic mass is 16.5. The highest BCUT2D eigenvalue weighted by molar-refractivity contribution is 5.77. The van der Waals surface area contributed by atoms with Gasteiger partial charge in [0.1, 0.15) is 12.3 Å². The molecule has 0 amide bonds. The van der Waals surface area contributed by atoms with E-state index in [0.717, 1.165) is 11.1 Å². The summed E-state index contributed by atoms with van der Waals surface area (Å²) in [5.41, 5.74) is 2.99. The number of rotatable bonds is 3. The summed E-state index contributed by atoms with van der Waals surface area (Å²) in [7, 11) is 0. The molecule has 0 N–H and O–H groups in total. The largest absolute Gasteiger partial charge is 0.425 e. The number of aryl methyl sites for hydroxylation is 2. The molecule has 0 unspecified atom stereocenters.